The monoisotopic (exact) mass is 300 g/mol. The van der Waals surface area contributed by atoms with Crippen LogP contribution in [0, 0.1) is 11.3 Å². The highest BCUT2D eigenvalue weighted by Crippen LogP contribution is 2.44. The zero-order chi connectivity index (χ0) is 12.9. The Bertz CT molecular complexity index is 317. The summed E-state index contributed by atoms with van der Waals surface area (Å²) in [5.41, 5.74) is -0.179. The van der Waals surface area contributed by atoms with Crippen molar-refractivity contribution in [2.24, 2.45) is 11.3 Å². The zero-order valence-electron chi connectivity index (χ0n) is 10.4. The van der Waals surface area contributed by atoms with Crippen molar-refractivity contribution in [2.75, 3.05) is 23.3 Å². The first kappa shape index (κ1) is 15.6. The minimum Gasteiger partial charge on any atom is -0.229 e. The Kier molecular flexibility index (Phi) is 6.07. The smallest absolute Gasteiger partial charge is 0.150 e. The Morgan fingerprint density at radius 3 is 2.12 bits per heavy atom. The lowest BCUT2D eigenvalue weighted by molar-refractivity contribution is 0.219. The molecule has 1 aliphatic rings. The van der Waals surface area contributed by atoms with Crippen LogP contribution in [0.15, 0.2) is 0 Å². The molecule has 0 spiro atoms. The van der Waals surface area contributed by atoms with Gasteiger partial charge in [0.05, 0.1) is 5.75 Å². The van der Waals surface area contributed by atoms with Gasteiger partial charge in [-0.05, 0) is 25.2 Å². The van der Waals surface area contributed by atoms with Crippen LogP contribution < -0.4 is 0 Å². The fourth-order valence-electron chi connectivity index (χ4n) is 2.63. The number of rotatable bonds is 7. The van der Waals surface area contributed by atoms with E-state index in [-0.39, 0.29) is 16.9 Å². The van der Waals surface area contributed by atoms with E-state index >= 15 is 0 Å². The normalized spacial score (nSPS) is 18.8. The molecule has 17 heavy (non-hydrogen) atoms. The second-order valence-electron chi connectivity index (χ2n) is 5.10. The molecule has 0 aliphatic heterocycles. The van der Waals surface area contributed by atoms with E-state index in [1.807, 2.05) is 0 Å². The van der Waals surface area contributed by atoms with Crippen molar-refractivity contribution in [3.05, 3.63) is 0 Å². The number of sulfone groups is 1. The molecular weight excluding hydrogens is 279 g/mol. The molecule has 0 saturated heterocycles. The number of hydrogen-bond acceptors (Lipinski definition) is 2. The molecule has 0 atom stereocenters. The summed E-state index contributed by atoms with van der Waals surface area (Å²) in [6.07, 6.45) is 5.35. The molecule has 0 aromatic carbocycles. The second-order valence-corrected chi connectivity index (χ2v) is 8.10. The molecule has 0 aromatic heterocycles. The van der Waals surface area contributed by atoms with Crippen LogP contribution in [-0.4, -0.2) is 31.7 Å². The lowest BCUT2D eigenvalue weighted by atomic mass is 9.75. The maximum absolute atomic E-state index is 11.6. The van der Waals surface area contributed by atoms with Gasteiger partial charge < -0.3 is 0 Å². The van der Waals surface area contributed by atoms with Crippen molar-refractivity contribution < 1.29 is 8.42 Å². The van der Waals surface area contributed by atoms with Gasteiger partial charge in [0.25, 0.3) is 0 Å². The fraction of sp³-hybridized carbons (Fsp3) is 1.00. The molecule has 102 valence electrons. The van der Waals surface area contributed by atoms with E-state index < -0.39 is 9.84 Å². The number of halogens is 2. The minimum atomic E-state index is -2.92. The van der Waals surface area contributed by atoms with Gasteiger partial charge in [0.2, 0.25) is 0 Å². The largest absolute Gasteiger partial charge is 0.229 e. The zero-order valence-corrected chi connectivity index (χ0v) is 12.8. The third-order valence-electron chi connectivity index (χ3n) is 4.10. The SMILES string of the molecule is CCS(=O)(=O)CCC(CCl)(CCl)C1CCCC1. The molecule has 2 nitrogen and oxygen atoms in total. The molecule has 1 saturated carbocycles. The van der Waals surface area contributed by atoms with Crippen molar-refractivity contribution >= 4 is 33.0 Å². The van der Waals surface area contributed by atoms with Crippen LogP contribution in [0.4, 0.5) is 0 Å². The molecule has 0 radical (unpaired) electrons. The van der Waals surface area contributed by atoms with Crippen LogP contribution in [0.3, 0.4) is 0 Å². The van der Waals surface area contributed by atoms with E-state index in [1.165, 1.54) is 12.8 Å². The maximum atomic E-state index is 11.6. The first-order valence-corrected chi connectivity index (χ1v) is 9.21. The van der Waals surface area contributed by atoms with Gasteiger partial charge in [-0.3, -0.25) is 0 Å². The molecule has 0 unspecified atom stereocenters. The van der Waals surface area contributed by atoms with Crippen molar-refractivity contribution in [3.8, 4) is 0 Å². The number of hydrogen-bond donors (Lipinski definition) is 0. The van der Waals surface area contributed by atoms with Gasteiger partial charge in [-0.15, -0.1) is 23.2 Å². The second kappa shape index (κ2) is 6.63. The van der Waals surface area contributed by atoms with Crippen molar-refractivity contribution in [1.82, 2.24) is 0 Å². The molecule has 5 heteroatoms. The predicted molar refractivity (Wildman–Crippen MR) is 74.8 cm³/mol. The van der Waals surface area contributed by atoms with E-state index in [0.29, 0.717) is 24.1 Å². The molecule has 1 aliphatic carbocycles. The van der Waals surface area contributed by atoms with E-state index in [1.54, 1.807) is 6.92 Å². The summed E-state index contributed by atoms with van der Waals surface area (Å²) in [4.78, 5) is 0. The highest BCUT2D eigenvalue weighted by Gasteiger charge is 2.39. The Balaban J connectivity index is 2.70. The van der Waals surface area contributed by atoms with Gasteiger partial charge in [-0.25, -0.2) is 8.42 Å². The molecule has 1 rings (SSSR count). The van der Waals surface area contributed by atoms with Crippen LogP contribution in [0.2, 0.25) is 0 Å². The molecule has 0 aromatic rings. The van der Waals surface area contributed by atoms with Crippen LogP contribution in [0.5, 0.6) is 0 Å². The highest BCUT2D eigenvalue weighted by molar-refractivity contribution is 7.91. The summed E-state index contributed by atoms with van der Waals surface area (Å²) in [6, 6.07) is 0. The number of alkyl halides is 2. The lowest BCUT2D eigenvalue weighted by Crippen LogP contribution is -2.35. The Hall–Kier alpha value is 0.530. The lowest BCUT2D eigenvalue weighted by Gasteiger charge is -2.35. The van der Waals surface area contributed by atoms with Gasteiger partial charge >= 0.3 is 0 Å². The standard InChI is InChI=1S/C12H22Cl2O2S/c1-2-17(15,16)8-7-12(9-13,10-14)11-5-3-4-6-11/h11H,2-10H2,1H3. The summed E-state index contributed by atoms with van der Waals surface area (Å²) in [5.74, 6) is 1.88. The van der Waals surface area contributed by atoms with E-state index in [0.717, 1.165) is 12.8 Å². The van der Waals surface area contributed by atoms with Gasteiger partial charge in [0.15, 0.2) is 0 Å². The Morgan fingerprint density at radius 2 is 1.71 bits per heavy atom. The van der Waals surface area contributed by atoms with Crippen molar-refractivity contribution in [1.29, 1.82) is 0 Å². The van der Waals surface area contributed by atoms with Crippen LogP contribution in [-0.2, 0) is 9.84 Å². The molecule has 0 heterocycles. The van der Waals surface area contributed by atoms with Gasteiger partial charge in [-0.2, -0.15) is 0 Å². The summed E-state index contributed by atoms with van der Waals surface area (Å²) >= 11 is 12.2. The van der Waals surface area contributed by atoms with Crippen LogP contribution in [0.1, 0.15) is 39.0 Å². The minimum absolute atomic E-state index is 0.179. The Labute approximate surface area is 115 Å². The quantitative estimate of drug-likeness (QED) is 0.675. The first-order chi connectivity index (χ1) is 7.99. The van der Waals surface area contributed by atoms with Crippen LogP contribution >= 0.6 is 23.2 Å². The topological polar surface area (TPSA) is 34.1 Å². The average Bonchev–Trinajstić information content (AvgIpc) is 2.85. The van der Waals surface area contributed by atoms with Gasteiger partial charge in [0.1, 0.15) is 9.84 Å². The predicted octanol–water partition coefficient (Wildman–Crippen LogP) is 3.47. The van der Waals surface area contributed by atoms with E-state index in [2.05, 4.69) is 0 Å². The Morgan fingerprint density at radius 1 is 1.18 bits per heavy atom. The first-order valence-electron chi connectivity index (χ1n) is 6.32. The fourth-order valence-corrected chi connectivity index (χ4v) is 4.63. The summed E-state index contributed by atoms with van der Waals surface area (Å²) in [7, 11) is -2.92. The van der Waals surface area contributed by atoms with Gasteiger partial charge in [-0.1, -0.05) is 19.8 Å². The summed E-state index contributed by atoms with van der Waals surface area (Å²) in [6.45, 7) is 1.69. The van der Waals surface area contributed by atoms with E-state index in [9.17, 15) is 8.42 Å². The third kappa shape index (κ3) is 4.00. The highest BCUT2D eigenvalue weighted by atomic mass is 35.5. The third-order valence-corrected chi connectivity index (χ3v) is 6.87. The maximum Gasteiger partial charge on any atom is 0.150 e. The molecule has 1 fully saturated rings. The van der Waals surface area contributed by atoms with E-state index in [4.69, 9.17) is 23.2 Å². The molecule has 0 bridgehead atoms. The van der Waals surface area contributed by atoms with Crippen molar-refractivity contribution in [2.45, 2.75) is 39.0 Å². The van der Waals surface area contributed by atoms with Gasteiger partial charge in [0, 0.05) is 22.9 Å². The van der Waals surface area contributed by atoms with Crippen molar-refractivity contribution in [3.63, 3.8) is 0 Å². The molecular formula is C12H22Cl2O2S. The average molecular weight is 301 g/mol. The molecule has 0 N–H and O–H groups in total. The van der Waals surface area contributed by atoms with Crippen LogP contribution in [0.25, 0.3) is 0 Å². The summed E-state index contributed by atoms with van der Waals surface area (Å²) < 4.78 is 23.2. The summed E-state index contributed by atoms with van der Waals surface area (Å²) in [5, 5.41) is 0. The molecule has 0 amide bonds.